The predicted octanol–water partition coefficient (Wildman–Crippen LogP) is 7.19. The van der Waals surface area contributed by atoms with Gasteiger partial charge in [0.15, 0.2) is 0 Å². The average Bonchev–Trinajstić information content (AvgIpc) is 3.24. The molecule has 0 spiro atoms. The van der Waals surface area contributed by atoms with Gasteiger partial charge in [0.25, 0.3) is 0 Å². The molecule has 3 aromatic carbocycles. The summed E-state index contributed by atoms with van der Waals surface area (Å²) in [4.78, 5) is 19.8. The lowest BCUT2D eigenvalue weighted by Crippen LogP contribution is -2.51. The van der Waals surface area contributed by atoms with Crippen molar-refractivity contribution in [2.45, 2.75) is 43.7 Å². The molecule has 2 bridgehead atoms. The Kier molecular flexibility index (Phi) is 5.12. The Morgan fingerprint density at radius 2 is 1.64 bits per heavy atom. The number of carbonyl (C=O) groups is 1. The molecular formula is C32H28N2O2. The minimum atomic E-state index is -0.177. The maximum absolute atomic E-state index is 13.5. The third kappa shape index (κ3) is 3.43. The van der Waals surface area contributed by atoms with Gasteiger partial charge in [-0.2, -0.15) is 0 Å². The summed E-state index contributed by atoms with van der Waals surface area (Å²) in [7, 11) is 0. The molecule has 178 valence electrons. The van der Waals surface area contributed by atoms with Gasteiger partial charge in [0.05, 0.1) is 6.04 Å². The minimum Gasteiger partial charge on any atom is -0.448 e. The molecule has 1 aromatic heterocycles. The number of amides is 1. The van der Waals surface area contributed by atoms with Crippen molar-refractivity contribution in [2.75, 3.05) is 6.61 Å². The number of fused-ring (bicyclic) bond motifs is 6. The number of rotatable bonds is 3. The molecule has 4 heteroatoms. The van der Waals surface area contributed by atoms with Crippen LogP contribution in [0.25, 0.3) is 27.5 Å². The van der Waals surface area contributed by atoms with Crippen LogP contribution in [0, 0.1) is 0 Å². The number of hydrogen-bond donors (Lipinski definition) is 0. The SMILES string of the molecule is O=C(OCC1c2ccccc2-c2ccccc21)N1C2C=C(c3cccc4cnccc34)CC1CCC2. The summed E-state index contributed by atoms with van der Waals surface area (Å²) in [5, 5.41) is 2.38. The van der Waals surface area contributed by atoms with E-state index in [1.165, 1.54) is 38.8 Å². The molecule has 2 aliphatic heterocycles. The van der Waals surface area contributed by atoms with Crippen LogP contribution in [0.3, 0.4) is 0 Å². The fourth-order valence-corrected chi connectivity index (χ4v) is 6.59. The van der Waals surface area contributed by atoms with Gasteiger partial charge in [-0.25, -0.2) is 4.79 Å². The third-order valence-electron chi connectivity index (χ3n) is 8.21. The van der Waals surface area contributed by atoms with Crippen LogP contribution < -0.4 is 0 Å². The molecule has 3 heterocycles. The summed E-state index contributed by atoms with van der Waals surface area (Å²) < 4.78 is 6.08. The lowest BCUT2D eigenvalue weighted by Gasteiger charge is -2.44. The second-order valence-electron chi connectivity index (χ2n) is 10.2. The zero-order chi connectivity index (χ0) is 24.1. The van der Waals surface area contributed by atoms with E-state index >= 15 is 0 Å². The van der Waals surface area contributed by atoms with E-state index in [0.717, 1.165) is 31.1 Å². The molecule has 7 rings (SSSR count). The Hall–Kier alpha value is -3.92. The van der Waals surface area contributed by atoms with Gasteiger partial charge in [-0.05, 0) is 70.5 Å². The number of pyridine rings is 1. The van der Waals surface area contributed by atoms with Crippen molar-refractivity contribution in [2.24, 2.45) is 0 Å². The van der Waals surface area contributed by atoms with Gasteiger partial charge in [0.2, 0.25) is 0 Å². The first-order valence-electron chi connectivity index (χ1n) is 12.9. The van der Waals surface area contributed by atoms with Crippen LogP contribution in [-0.2, 0) is 4.74 Å². The lowest BCUT2D eigenvalue weighted by molar-refractivity contribution is 0.0539. The Morgan fingerprint density at radius 3 is 2.42 bits per heavy atom. The standard InChI is InChI=1S/C32H28N2O2/c35-32(36-20-31-29-12-3-1-10-27(29)28-11-2-4-13-30(28)31)34-23-8-6-9-24(34)18-22(17-23)25-14-5-7-21-19-33-16-15-26(21)25/h1-5,7,10-17,19,23-24,31H,6,8-9,18,20H2. The van der Waals surface area contributed by atoms with Crippen molar-refractivity contribution in [3.05, 3.63) is 108 Å². The zero-order valence-electron chi connectivity index (χ0n) is 20.1. The van der Waals surface area contributed by atoms with E-state index in [-0.39, 0.29) is 24.1 Å². The van der Waals surface area contributed by atoms with Crippen molar-refractivity contribution in [1.82, 2.24) is 9.88 Å². The monoisotopic (exact) mass is 472 g/mol. The number of benzene rings is 3. The van der Waals surface area contributed by atoms with Crippen LogP contribution in [0.15, 0.2) is 91.3 Å². The lowest BCUT2D eigenvalue weighted by atomic mass is 9.82. The molecular weight excluding hydrogens is 444 g/mol. The van der Waals surface area contributed by atoms with Crippen LogP contribution in [-0.4, -0.2) is 34.7 Å². The van der Waals surface area contributed by atoms with Crippen molar-refractivity contribution < 1.29 is 9.53 Å². The molecule has 1 fully saturated rings. The number of piperidine rings is 1. The van der Waals surface area contributed by atoms with Gasteiger partial charge in [0.1, 0.15) is 6.61 Å². The summed E-state index contributed by atoms with van der Waals surface area (Å²) in [5.74, 6) is 0.0846. The molecule has 4 nitrogen and oxygen atoms in total. The first kappa shape index (κ1) is 21.4. The van der Waals surface area contributed by atoms with Crippen LogP contribution in [0.2, 0.25) is 0 Å². The van der Waals surface area contributed by atoms with Crippen molar-refractivity contribution >= 4 is 22.4 Å². The van der Waals surface area contributed by atoms with Crippen LogP contribution >= 0.6 is 0 Å². The van der Waals surface area contributed by atoms with Crippen LogP contribution in [0.4, 0.5) is 4.79 Å². The average molecular weight is 473 g/mol. The Morgan fingerprint density at radius 1 is 0.889 bits per heavy atom. The second-order valence-corrected chi connectivity index (χ2v) is 10.2. The topological polar surface area (TPSA) is 42.4 Å². The minimum absolute atomic E-state index is 0.0836. The normalized spacial score (nSPS) is 20.6. The van der Waals surface area contributed by atoms with E-state index in [0.29, 0.717) is 6.61 Å². The van der Waals surface area contributed by atoms with E-state index < -0.39 is 0 Å². The molecule has 0 N–H and O–H groups in total. The molecule has 2 unspecified atom stereocenters. The van der Waals surface area contributed by atoms with E-state index in [1.54, 1.807) is 0 Å². The van der Waals surface area contributed by atoms with Gasteiger partial charge in [-0.3, -0.25) is 9.88 Å². The fraction of sp³-hybridized carbons (Fsp3) is 0.250. The molecule has 4 aromatic rings. The molecule has 1 amide bonds. The second kappa shape index (κ2) is 8.63. The number of nitrogens with zero attached hydrogens (tertiary/aromatic N) is 2. The van der Waals surface area contributed by atoms with Gasteiger partial charge in [-0.15, -0.1) is 0 Å². The van der Waals surface area contributed by atoms with E-state index in [2.05, 4.69) is 83.9 Å². The Labute approximate surface area is 211 Å². The van der Waals surface area contributed by atoms with E-state index in [9.17, 15) is 4.79 Å². The zero-order valence-corrected chi connectivity index (χ0v) is 20.1. The van der Waals surface area contributed by atoms with Gasteiger partial charge in [0, 0.05) is 29.7 Å². The molecule has 1 aliphatic carbocycles. The van der Waals surface area contributed by atoms with Crippen LogP contribution in [0.5, 0.6) is 0 Å². The van der Waals surface area contributed by atoms with Crippen molar-refractivity contribution in [3.8, 4) is 11.1 Å². The van der Waals surface area contributed by atoms with E-state index in [1.807, 2.05) is 17.3 Å². The van der Waals surface area contributed by atoms with Gasteiger partial charge in [-0.1, -0.05) is 72.8 Å². The van der Waals surface area contributed by atoms with Gasteiger partial charge < -0.3 is 4.74 Å². The smallest absolute Gasteiger partial charge is 0.410 e. The molecule has 1 saturated heterocycles. The summed E-state index contributed by atoms with van der Waals surface area (Å²) in [6, 6.07) is 25.7. The number of hydrogen-bond acceptors (Lipinski definition) is 3. The van der Waals surface area contributed by atoms with E-state index in [4.69, 9.17) is 4.74 Å². The highest BCUT2D eigenvalue weighted by Gasteiger charge is 2.39. The van der Waals surface area contributed by atoms with Crippen molar-refractivity contribution in [1.29, 1.82) is 0 Å². The Balaban J connectivity index is 1.14. The summed E-state index contributed by atoms with van der Waals surface area (Å²) in [5.41, 5.74) is 7.60. The maximum Gasteiger partial charge on any atom is 0.410 e. The first-order valence-corrected chi connectivity index (χ1v) is 12.9. The fourth-order valence-electron chi connectivity index (χ4n) is 6.59. The predicted molar refractivity (Wildman–Crippen MR) is 143 cm³/mol. The molecule has 3 aliphatic rings. The Bertz CT molecular complexity index is 1460. The highest BCUT2D eigenvalue weighted by Crippen LogP contribution is 2.45. The largest absolute Gasteiger partial charge is 0.448 e. The maximum atomic E-state index is 13.5. The number of ether oxygens (including phenoxy) is 1. The third-order valence-corrected chi connectivity index (χ3v) is 8.21. The summed E-state index contributed by atoms with van der Waals surface area (Å²) >= 11 is 0. The van der Waals surface area contributed by atoms with Crippen molar-refractivity contribution in [3.63, 3.8) is 0 Å². The molecule has 2 atom stereocenters. The molecule has 36 heavy (non-hydrogen) atoms. The molecule has 0 saturated carbocycles. The highest BCUT2D eigenvalue weighted by molar-refractivity contribution is 5.94. The first-order chi connectivity index (χ1) is 17.8. The van der Waals surface area contributed by atoms with Crippen LogP contribution in [0.1, 0.15) is 48.3 Å². The van der Waals surface area contributed by atoms with Gasteiger partial charge >= 0.3 is 6.09 Å². The quantitative estimate of drug-likeness (QED) is 0.317. The summed E-state index contributed by atoms with van der Waals surface area (Å²) in [6.07, 6.45) is 9.93. The number of carbonyl (C=O) groups excluding carboxylic acids is 1. The number of aromatic nitrogens is 1. The summed E-state index contributed by atoms with van der Waals surface area (Å²) in [6.45, 7) is 0.371. The molecule has 0 radical (unpaired) electrons. The highest BCUT2D eigenvalue weighted by atomic mass is 16.6.